The third kappa shape index (κ3) is 5.45. The molecule has 2 aromatic rings. The lowest BCUT2D eigenvalue weighted by atomic mass is 10.1. The zero-order valence-corrected chi connectivity index (χ0v) is 15.8. The van der Waals surface area contributed by atoms with E-state index in [9.17, 15) is 9.65 Å². The van der Waals surface area contributed by atoms with Gasteiger partial charge in [0.1, 0.15) is 23.3 Å². The second-order valence-corrected chi connectivity index (χ2v) is 6.09. The lowest BCUT2D eigenvalue weighted by Gasteiger charge is -2.11. The van der Waals surface area contributed by atoms with E-state index in [0.717, 1.165) is 31.8 Å². The third-order valence-electron chi connectivity index (χ3n) is 4.11. The number of hydrogen-bond acceptors (Lipinski definition) is 4. The number of guanidine groups is 1. The Morgan fingerprint density at radius 2 is 1.93 bits per heavy atom. The molecule has 0 atom stereocenters. The third-order valence-corrected chi connectivity index (χ3v) is 4.11. The number of aromatic nitrogens is 2. The summed E-state index contributed by atoms with van der Waals surface area (Å²) >= 11 is 0. The quantitative estimate of drug-likeness (QED) is 0.375. The maximum Gasteiger partial charge on any atom is 0.190 e. The highest BCUT2D eigenvalue weighted by atomic mass is 19.1. The Labute approximate surface area is 159 Å². The van der Waals surface area contributed by atoms with Gasteiger partial charge in [0.15, 0.2) is 5.96 Å². The van der Waals surface area contributed by atoms with Gasteiger partial charge in [0.25, 0.3) is 0 Å². The van der Waals surface area contributed by atoms with Crippen molar-refractivity contribution in [3.05, 3.63) is 41.3 Å². The van der Waals surface area contributed by atoms with Crippen LogP contribution < -0.4 is 16.4 Å². The van der Waals surface area contributed by atoms with Crippen LogP contribution in [0, 0.1) is 17.1 Å². The molecule has 0 aliphatic heterocycles. The summed E-state index contributed by atoms with van der Waals surface area (Å²) in [6.45, 7) is 3.72. The summed E-state index contributed by atoms with van der Waals surface area (Å²) in [5, 5.41) is 20.4. The van der Waals surface area contributed by atoms with Crippen molar-refractivity contribution >= 4 is 11.8 Å². The molecule has 0 aliphatic rings. The molecule has 144 valence electrons. The maximum absolute atomic E-state index is 13.1. The predicted molar refractivity (Wildman–Crippen MR) is 105 cm³/mol. The van der Waals surface area contributed by atoms with Crippen LogP contribution in [0.5, 0.6) is 0 Å². The SMILES string of the molecule is CCCCNC(=NC)NCCCc1nn(-c2ccc(F)cc2)c(N)c1C#N. The molecule has 1 heterocycles. The number of nitrogens with one attached hydrogen (secondary N) is 2. The molecule has 0 unspecified atom stereocenters. The fourth-order valence-electron chi connectivity index (χ4n) is 2.62. The smallest absolute Gasteiger partial charge is 0.190 e. The van der Waals surface area contributed by atoms with Gasteiger partial charge in [-0.05, 0) is 43.5 Å². The molecule has 27 heavy (non-hydrogen) atoms. The highest BCUT2D eigenvalue weighted by molar-refractivity contribution is 5.79. The van der Waals surface area contributed by atoms with Gasteiger partial charge in [0.2, 0.25) is 0 Å². The van der Waals surface area contributed by atoms with Crippen LogP contribution >= 0.6 is 0 Å². The number of nitriles is 1. The Balaban J connectivity index is 1.97. The molecule has 0 aliphatic carbocycles. The summed E-state index contributed by atoms with van der Waals surface area (Å²) in [4.78, 5) is 4.17. The first kappa shape index (κ1) is 20.2. The Kier molecular flexibility index (Phi) is 7.62. The van der Waals surface area contributed by atoms with Crippen LogP contribution in [0.3, 0.4) is 0 Å². The summed E-state index contributed by atoms with van der Waals surface area (Å²) in [7, 11) is 1.74. The summed E-state index contributed by atoms with van der Waals surface area (Å²) in [5.41, 5.74) is 7.69. The number of benzene rings is 1. The molecule has 4 N–H and O–H groups in total. The van der Waals surface area contributed by atoms with E-state index in [1.165, 1.54) is 16.8 Å². The minimum absolute atomic E-state index is 0.268. The topological polar surface area (TPSA) is 104 Å². The average molecular weight is 371 g/mol. The van der Waals surface area contributed by atoms with Crippen molar-refractivity contribution in [1.82, 2.24) is 20.4 Å². The van der Waals surface area contributed by atoms with Crippen molar-refractivity contribution < 1.29 is 4.39 Å². The number of anilines is 1. The van der Waals surface area contributed by atoms with Gasteiger partial charge in [-0.3, -0.25) is 4.99 Å². The molecule has 0 bridgehead atoms. The van der Waals surface area contributed by atoms with Gasteiger partial charge >= 0.3 is 0 Å². The second kappa shape index (κ2) is 10.2. The van der Waals surface area contributed by atoms with Gasteiger partial charge in [-0.1, -0.05) is 13.3 Å². The summed E-state index contributed by atoms with van der Waals surface area (Å²) in [5.74, 6) is 0.696. The van der Waals surface area contributed by atoms with Crippen LogP contribution in [0.4, 0.5) is 10.2 Å². The van der Waals surface area contributed by atoms with Crippen LogP contribution in [-0.4, -0.2) is 35.9 Å². The molecule has 0 amide bonds. The molecule has 0 fully saturated rings. The van der Waals surface area contributed by atoms with E-state index in [-0.39, 0.29) is 11.6 Å². The molecule has 7 nitrogen and oxygen atoms in total. The summed E-state index contributed by atoms with van der Waals surface area (Å²) in [6, 6.07) is 7.96. The number of aryl methyl sites for hydroxylation is 1. The van der Waals surface area contributed by atoms with E-state index in [4.69, 9.17) is 5.73 Å². The molecular formula is C19H26FN7. The van der Waals surface area contributed by atoms with E-state index in [1.807, 2.05) is 0 Å². The molecule has 0 radical (unpaired) electrons. The molecule has 1 aromatic heterocycles. The Bertz CT molecular complexity index is 803. The van der Waals surface area contributed by atoms with Gasteiger partial charge < -0.3 is 16.4 Å². The normalized spacial score (nSPS) is 11.3. The minimum atomic E-state index is -0.336. The van der Waals surface area contributed by atoms with Crippen LogP contribution in [0.2, 0.25) is 0 Å². The van der Waals surface area contributed by atoms with Crippen LogP contribution in [0.15, 0.2) is 29.3 Å². The van der Waals surface area contributed by atoms with E-state index in [1.54, 1.807) is 19.2 Å². The summed E-state index contributed by atoms with van der Waals surface area (Å²) < 4.78 is 14.6. The number of nitrogens with zero attached hydrogens (tertiary/aromatic N) is 4. The lowest BCUT2D eigenvalue weighted by molar-refractivity contribution is 0.627. The Hall–Kier alpha value is -3.08. The van der Waals surface area contributed by atoms with Crippen molar-refractivity contribution in [2.24, 2.45) is 4.99 Å². The van der Waals surface area contributed by atoms with Gasteiger partial charge in [-0.2, -0.15) is 10.4 Å². The fourth-order valence-corrected chi connectivity index (χ4v) is 2.62. The largest absolute Gasteiger partial charge is 0.382 e. The number of nitrogens with two attached hydrogens (primary N) is 1. The highest BCUT2D eigenvalue weighted by Gasteiger charge is 2.16. The molecule has 0 saturated carbocycles. The predicted octanol–water partition coefficient (Wildman–Crippen LogP) is 2.36. The van der Waals surface area contributed by atoms with Crippen molar-refractivity contribution in [3.63, 3.8) is 0 Å². The maximum atomic E-state index is 13.1. The lowest BCUT2D eigenvalue weighted by Crippen LogP contribution is -2.38. The van der Waals surface area contributed by atoms with Crippen molar-refractivity contribution in [2.75, 3.05) is 25.9 Å². The Morgan fingerprint density at radius 1 is 1.26 bits per heavy atom. The fraction of sp³-hybridized carbons (Fsp3) is 0.421. The van der Waals surface area contributed by atoms with Gasteiger partial charge in [0, 0.05) is 20.1 Å². The van der Waals surface area contributed by atoms with Crippen LogP contribution in [0.25, 0.3) is 5.69 Å². The minimum Gasteiger partial charge on any atom is -0.382 e. The number of aliphatic imine (C=N–C) groups is 1. The monoisotopic (exact) mass is 371 g/mol. The first-order chi connectivity index (χ1) is 13.1. The molecule has 0 spiro atoms. The van der Waals surface area contributed by atoms with Gasteiger partial charge in [-0.15, -0.1) is 0 Å². The first-order valence-corrected chi connectivity index (χ1v) is 9.08. The molecule has 1 aromatic carbocycles. The number of nitrogen functional groups attached to an aromatic ring is 1. The Morgan fingerprint density at radius 3 is 2.52 bits per heavy atom. The number of halogens is 1. The first-order valence-electron chi connectivity index (χ1n) is 9.08. The zero-order valence-electron chi connectivity index (χ0n) is 15.8. The highest BCUT2D eigenvalue weighted by Crippen LogP contribution is 2.21. The molecule has 0 saturated heterocycles. The zero-order chi connectivity index (χ0) is 19.6. The van der Waals surface area contributed by atoms with Crippen molar-refractivity contribution in [2.45, 2.75) is 32.6 Å². The molecular weight excluding hydrogens is 345 g/mol. The second-order valence-electron chi connectivity index (χ2n) is 6.09. The van der Waals surface area contributed by atoms with Gasteiger partial charge in [0.05, 0.1) is 11.4 Å². The molecule has 2 rings (SSSR count). The molecule has 8 heteroatoms. The van der Waals surface area contributed by atoms with E-state index in [2.05, 4.69) is 33.7 Å². The number of unbranched alkanes of at least 4 members (excludes halogenated alkanes) is 1. The van der Waals surface area contributed by atoms with Crippen LogP contribution in [-0.2, 0) is 6.42 Å². The number of rotatable bonds is 8. The van der Waals surface area contributed by atoms with Crippen molar-refractivity contribution in [1.29, 1.82) is 5.26 Å². The summed E-state index contributed by atoms with van der Waals surface area (Å²) in [6.07, 6.45) is 3.58. The van der Waals surface area contributed by atoms with E-state index in [0.29, 0.717) is 29.9 Å². The van der Waals surface area contributed by atoms with Crippen molar-refractivity contribution in [3.8, 4) is 11.8 Å². The van der Waals surface area contributed by atoms with E-state index < -0.39 is 0 Å². The average Bonchev–Trinajstić information content (AvgIpc) is 2.99. The standard InChI is InChI=1S/C19H26FN7/c1-3-4-11-24-19(23-2)25-12-5-6-17-16(13-21)18(22)27(26-17)15-9-7-14(20)8-10-15/h7-10H,3-6,11-12,22H2,1-2H3,(H2,23,24,25). The van der Waals surface area contributed by atoms with Gasteiger partial charge in [-0.25, -0.2) is 9.07 Å². The number of hydrogen-bond donors (Lipinski definition) is 3. The van der Waals surface area contributed by atoms with Crippen LogP contribution in [0.1, 0.15) is 37.4 Å². The van der Waals surface area contributed by atoms with E-state index >= 15 is 0 Å².